The van der Waals surface area contributed by atoms with E-state index in [-0.39, 0.29) is 30.1 Å². The van der Waals surface area contributed by atoms with Gasteiger partial charge in [0.25, 0.3) is 0 Å². The standard InChI is InChI=1S/C25H34O8/c1-14-6-8-18-15(2)22(29-21(26)13-16-7-9-19(27-4)20(12-16)28-5)30-23-25(18)17(14)10-11-24(3,31-23)32-33-25/h7,9,12,14-15,17-18,22-23H,6,8,10-11,13H2,1-5H3/t14-,15-,17-,18+,22-,23-,24-,25-/m1/s1. The number of carbonyl (C=O) groups is 1. The minimum absolute atomic E-state index is 0.0553. The van der Waals surface area contributed by atoms with E-state index in [0.717, 1.165) is 31.2 Å². The average molecular weight is 463 g/mol. The van der Waals surface area contributed by atoms with Gasteiger partial charge in [0.2, 0.25) is 12.1 Å². The van der Waals surface area contributed by atoms with Gasteiger partial charge >= 0.3 is 5.97 Å². The second kappa shape index (κ2) is 8.41. The zero-order chi connectivity index (χ0) is 23.4. The lowest BCUT2D eigenvalue weighted by Gasteiger charge is -2.59. The molecule has 1 spiro atoms. The molecule has 8 atom stereocenters. The number of hydrogen-bond donors (Lipinski definition) is 0. The van der Waals surface area contributed by atoms with E-state index >= 15 is 0 Å². The molecule has 6 rings (SSSR count). The molecule has 8 nitrogen and oxygen atoms in total. The van der Waals surface area contributed by atoms with Crippen LogP contribution in [0.1, 0.15) is 52.0 Å². The van der Waals surface area contributed by atoms with Crippen LogP contribution in [-0.4, -0.2) is 44.2 Å². The fourth-order valence-electron chi connectivity index (χ4n) is 6.34. The van der Waals surface area contributed by atoms with Crippen molar-refractivity contribution in [2.24, 2.45) is 23.7 Å². The Hall–Kier alpha value is -1.87. The molecule has 0 amide bonds. The maximum Gasteiger partial charge on any atom is 0.312 e. The van der Waals surface area contributed by atoms with E-state index in [9.17, 15) is 4.79 Å². The number of methoxy groups -OCH3 is 2. The van der Waals surface area contributed by atoms with Gasteiger partial charge in [-0.15, -0.1) is 0 Å². The van der Waals surface area contributed by atoms with Crippen LogP contribution in [0.2, 0.25) is 0 Å². The lowest BCUT2D eigenvalue weighted by Crippen LogP contribution is -2.70. The summed E-state index contributed by atoms with van der Waals surface area (Å²) in [6, 6.07) is 5.39. The number of ether oxygens (including phenoxy) is 5. The molecular weight excluding hydrogens is 428 g/mol. The Labute approximate surface area is 194 Å². The van der Waals surface area contributed by atoms with Crippen molar-refractivity contribution < 1.29 is 38.3 Å². The second-order valence-electron chi connectivity index (χ2n) is 10.1. The highest BCUT2D eigenvalue weighted by Gasteiger charge is 2.69. The third kappa shape index (κ3) is 3.71. The molecule has 5 aliphatic rings. The first kappa shape index (κ1) is 22.9. The summed E-state index contributed by atoms with van der Waals surface area (Å²) < 4.78 is 29.1. The zero-order valence-electron chi connectivity index (χ0n) is 20.0. The molecule has 0 aromatic heterocycles. The molecular formula is C25H34O8. The first-order valence-corrected chi connectivity index (χ1v) is 11.9. The van der Waals surface area contributed by atoms with Gasteiger partial charge < -0.3 is 23.7 Å². The Morgan fingerprint density at radius 3 is 2.61 bits per heavy atom. The molecule has 1 aromatic carbocycles. The van der Waals surface area contributed by atoms with Gasteiger partial charge in [0.05, 0.1) is 20.6 Å². The molecule has 0 N–H and O–H groups in total. The van der Waals surface area contributed by atoms with Gasteiger partial charge in [-0.1, -0.05) is 19.9 Å². The van der Waals surface area contributed by atoms with Crippen molar-refractivity contribution in [2.75, 3.05) is 14.2 Å². The summed E-state index contributed by atoms with van der Waals surface area (Å²) in [5, 5.41) is 0. The smallest absolute Gasteiger partial charge is 0.312 e. The van der Waals surface area contributed by atoms with Crippen LogP contribution in [0.15, 0.2) is 18.2 Å². The summed E-state index contributed by atoms with van der Waals surface area (Å²) >= 11 is 0. The van der Waals surface area contributed by atoms with Crippen LogP contribution >= 0.6 is 0 Å². The van der Waals surface area contributed by atoms with Gasteiger partial charge in [-0.05, 0) is 55.7 Å². The normalized spacial score (nSPS) is 41.6. The summed E-state index contributed by atoms with van der Waals surface area (Å²) in [6.45, 7) is 6.23. The Morgan fingerprint density at radius 2 is 1.85 bits per heavy atom. The Balaban J connectivity index is 1.34. The monoisotopic (exact) mass is 462 g/mol. The van der Waals surface area contributed by atoms with Gasteiger partial charge in [0.15, 0.2) is 23.4 Å². The van der Waals surface area contributed by atoms with Gasteiger partial charge in [-0.3, -0.25) is 4.79 Å². The number of hydrogen-bond acceptors (Lipinski definition) is 8. The maximum atomic E-state index is 12.9. The third-order valence-corrected chi connectivity index (χ3v) is 8.14. The molecule has 1 saturated carbocycles. The number of rotatable bonds is 5. The minimum atomic E-state index is -0.855. The van der Waals surface area contributed by atoms with Crippen molar-refractivity contribution in [3.05, 3.63) is 23.8 Å². The van der Waals surface area contributed by atoms with Crippen molar-refractivity contribution in [1.82, 2.24) is 0 Å². The largest absolute Gasteiger partial charge is 0.493 e. The summed E-state index contributed by atoms with van der Waals surface area (Å²) in [5.41, 5.74) is 0.109. The lowest BCUT2D eigenvalue weighted by atomic mass is 9.58. The molecule has 0 unspecified atom stereocenters. The predicted molar refractivity (Wildman–Crippen MR) is 116 cm³/mol. The lowest BCUT2D eigenvalue weighted by molar-refractivity contribution is -0.576. The topological polar surface area (TPSA) is 81.7 Å². The van der Waals surface area contributed by atoms with Gasteiger partial charge in [-0.2, -0.15) is 0 Å². The van der Waals surface area contributed by atoms with Crippen molar-refractivity contribution in [1.29, 1.82) is 0 Å². The van der Waals surface area contributed by atoms with Crippen LogP contribution in [0.25, 0.3) is 0 Å². The van der Waals surface area contributed by atoms with E-state index in [0.29, 0.717) is 17.4 Å². The van der Waals surface area contributed by atoms with E-state index in [1.54, 1.807) is 26.4 Å². The molecule has 0 radical (unpaired) electrons. The van der Waals surface area contributed by atoms with E-state index in [2.05, 4.69) is 13.8 Å². The molecule has 1 aromatic rings. The summed E-state index contributed by atoms with van der Waals surface area (Å²) in [4.78, 5) is 24.9. The number of benzene rings is 1. The molecule has 4 saturated heterocycles. The van der Waals surface area contributed by atoms with E-state index < -0.39 is 24.0 Å². The van der Waals surface area contributed by atoms with Gasteiger partial charge in [0, 0.05) is 18.3 Å². The van der Waals surface area contributed by atoms with Crippen LogP contribution < -0.4 is 9.47 Å². The molecule has 182 valence electrons. The summed E-state index contributed by atoms with van der Waals surface area (Å²) in [6.07, 6.45) is 2.52. The van der Waals surface area contributed by atoms with Gasteiger partial charge in [-0.25, -0.2) is 9.78 Å². The van der Waals surface area contributed by atoms with Gasteiger partial charge in [0.1, 0.15) is 0 Å². The summed E-state index contributed by atoms with van der Waals surface area (Å²) in [7, 11) is 3.15. The number of esters is 1. The minimum Gasteiger partial charge on any atom is -0.493 e. The van der Waals surface area contributed by atoms with Crippen LogP contribution in [0.5, 0.6) is 11.5 Å². The Bertz CT molecular complexity index is 904. The first-order valence-electron chi connectivity index (χ1n) is 11.9. The van der Waals surface area contributed by atoms with Crippen LogP contribution in [0.3, 0.4) is 0 Å². The highest BCUT2D eigenvalue weighted by atomic mass is 17.3. The fraction of sp³-hybridized carbons (Fsp3) is 0.720. The van der Waals surface area contributed by atoms with Crippen LogP contribution in [-0.2, 0) is 35.2 Å². The third-order valence-electron chi connectivity index (χ3n) is 8.14. The second-order valence-corrected chi connectivity index (χ2v) is 10.1. The highest BCUT2D eigenvalue weighted by molar-refractivity contribution is 5.73. The fourth-order valence-corrected chi connectivity index (χ4v) is 6.34. The Morgan fingerprint density at radius 1 is 1.06 bits per heavy atom. The van der Waals surface area contributed by atoms with Crippen molar-refractivity contribution >= 4 is 5.97 Å². The maximum absolute atomic E-state index is 12.9. The number of fused-ring (bicyclic) bond motifs is 2. The van der Waals surface area contributed by atoms with Crippen LogP contribution in [0.4, 0.5) is 0 Å². The highest BCUT2D eigenvalue weighted by Crippen LogP contribution is 2.60. The first-order chi connectivity index (χ1) is 15.8. The predicted octanol–water partition coefficient (Wildman–Crippen LogP) is 4.00. The molecule has 5 fully saturated rings. The Kier molecular flexibility index (Phi) is 5.84. The quantitative estimate of drug-likeness (QED) is 0.480. The van der Waals surface area contributed by atoms with Crippen LogP contribution in [0, 0.1) is 23.7 Å². The zero-order valence-corrected chi connectivity index (χ0v) is 20.0. The molecule has 4 aliphatic heterocycles. The van der Waals surface area contributed by atoms with E-state index in [1.165, 1.54) is 0 Å². The van der Waals surface area contributed by atoms with Crippen molar-refractivity contribution in [2.45, 2.75) is 76.8 Å². The van der Waals surface area contributed by atoms with E-state index in [4.69, 9.17) is 33.5 Å². The molecule has 8 heteroatoms. The number of carbonyl (C=O) groups excluding carboxylic acids is 1. The average Bonchev–Trinajstić information content (AvgIpc) is 3.03. The molecule has 2 bridgehead atoms. The molecule has 33 heavy (non-hydrogen) atoms. The van der Waals surface area contributed by atoms with Crippen molar-refractivity contribution in [3.8, 4) is 11.5 Å². The molecule has 1 aliphatic carbocycles. The summed E-state index contributed by atoms with van der Waals surface area (Å²) in [5.74, 6) is 0.779. The molecule has 4 heterocycles. The van der Waals surface area contributed by atoms with E-state index in [1.807, 2.05) is 13.0 Å². The SMILES string of the molecule is COc1ccc(CC(=O)O[C@@H]2O[C@@H]3O[C@@]4(C)CC[C@@H]5[C@H](C)CC[C@@H]([C@H]2C)[C@@]35OO4)cc1OC. The van der Waals surface area contributed by atoms with Crippen molar-refractivity contribution in [3.63, 3.8) is 0 Å².